The fourth-order valence-electron chi connectivity index (χ4n) is 3.88. The number of hydrogen-bond donors (Lipinski definition) is 2. The zero-order valence-corrected chi connectivity index (χ0v) is 18.7. The van der Waals surface area contributed by atoms with Gasteiger partial charge in [0, 0.05) is 12.3 Å². The van der Waals surface area contributed by atoms with Gasteiger partial charge in [0.15, 0.2) is 5.78 Å². The Hall–Kier alpha value is -2.41. The molecule has 0 unspecified atom stereocenters. The van der Waals surface area contributed by atoms with E-state index in [2.05, 4.69) is 0 Å². The van der Waals surface area contributed by atoms with Crippen molar-refractivity contribution in [1.82, 2.24) is 0 Å². The Morgan fingerprint density at radius 3 is 2.07 bits per heavy atom. The summed E-state index contributed by atoms with van der Waals surface area (Å²) in [6.45, 7) is 11.5. The van der Waals surface area contributed by atoms with E-state index >= 15 is 0 Å². The second-order valence-electron chi connectivity index (χ2n) is 10.1. The number of rotatable bonds is 3. The molecule has 7 nitrogen and oxygen atoms in total. The van der Waals surface area contributed by atoms with Crippen LogP contribution in [0.3, 0.4) is 0 Å². The minimum Gasteiger partial charge on any atom is -0.508 e. The van der Waals surface area contributed by atoms with E-state index in [9.17, 15) is 24.6 Å². The molecule has 2 N–H and O–H groups in total. The van der Waals surface area contributed by atoms with Gasteiger partial charge in [0.25, 0.3) is 0 Å². The summed E-state index contributed by atoms with van der Waals surface area (Å²) in [5.41, 5.74) is -3.05. The number of hydrogen-bond acceptors (Lipinski definition) is 7. The van der Waals surface area contributed by atoms with Crippen molar-refractivity contribution < 1.29 is 34.1 Å². The number of ketones is 1. The van der Waals surface area contributed by atoms with Crippen LogP contribution in [0.1, 0.15) is 66.4 Å². The number of Topliss-reactive ketones (excluding diaryl/α,β-unsaturated/α-hetero) is 1. The van der Waals surface area contributed by atoms with E-state index < -0.39 is 58.7 Å². The maximum atomic E-state index is 13.1. The van der Waals surface area contributed by atoms with Crippen LogP contribution in [-0.2, 0) is 23.9 Å². The van der Waals surface area contributed by atoms with Gasteiger partial charge in [-0.25, -0.2) is 0 Å². The van der Waals surface area contributed by atoms with Gasteiger partial charge in [0.05, 0.1) is 11.5 Å². The van der Waals surface area contributed by atoms with Crippen LogP contribution in [0, 0.1) is 11.8 Å². The van der Waals surface area contributed by atoms with Crippen LogP contribution >= 0.6 is 0 Å². The molecule has 1 aliphatic carbocycles. The summed E-state index contributed by atoms with van der Waals surface area (Å²) in [7, 11) is 0. The van der Waals surface area contributed by atoms with Crippen molar-refractivity contribution in [2.75, 3.05) is 0 Å². The third-order valence-corrected chi connectivity index (χ3v) is 4.84. The highest BCUT2D eigenvalue weighted by atomic mass is 16.6. The third kappa shape index (κ3) is 5.59. The molecule has 1 aliphatic rings. The van der Waals surface area contributed by atoms with E-state index in [1.165, 1.54) is 19.1 Å². The molecule has 0 bridgehead atoms. The summed E-state index contributed by atoms with van der Waals surface area (Å²) in [5.74, 6) is -5.69. The van der Waals surface area contributed by atoms with Crippen LogP contribution in [0.2, 0.25) is 0 Å². The molecule has 0 aliphatic heterocycles. The molecule has 1 fully saturated rings. The third-order valence-electron chi connectivity index (χ3n) is 4.84. The molecule has 0 spiro atoms. The second-order valence-corrected chi connectivity index (χ2v) is 10.1. The molecule has 1 aromatic rings. The average molecular weight is 421 g/mol. The highest BCUT2D eigenvalue weighted by molar-refractivity contribution is 6.03. The first-order valence-electron chi connectivity index (χ1n) is 10.0. The van der Waals surface area contributed by atoms with Crippen LogP contribution in [0.15, 0.2) is 24.3 Å². The second kappa shape index (κ2) is 8.02. The number of carbonyl (C=O) groups excluding carboxylic acids is 3. The van der Waals surface area contributed by atoms with Gasteiger partial charge in [0.1, 0.15) is 22.9 Å². The number of carbonyl (C=O) groups is 3. The lowest BCUT2D eigenvalue weighted by Crippen LogP contribution is -2.56. The smallest absolute Gasteiger partial charge is 0.317 e. The molecular weight excluding hydrogens is 388 g/mol. The number of aliphatic hydroxyl groups is 1. The molecule has 0 aromatic heterocycles. The Bertz CT molecular complexity index is 827. The van der Waals surface area contributed by atoms with Gasteiger partial charge in [-0.15, -0.1) is 0 Å². The van der Waals surface area contributed by atoms with Crippen molar-refractivity contribution in [1.29, 1.82) is 0 Å². The SMILES string of the molecule is CC(C)(C)OC(=O)[C@@H]1C(=O)C[C@](C)(O)[C@H](C(=O)OC(C)(C)C)[C@H]1c1cccc(O)c1. The number of esters is 2. The van der Waals surface area contributed by atoms with Gasteiger partial charge in [-0.2, -0.15) is 0 Å². The van der Waals surface area contributed by atoms with E-state index in [0.29, 0.717) is 5.56 Å². The van der Waals surface area contributed by atoms with E-state index in [-0.39, 0.29) is 5.75 Å². The molecular formula is C23H32O7. The average Bonchev–Trinajstić information content (AvgIpc) is 2.49. The molecule has 2 rings (SSSR count). The van der Waals surface area contributed by atoms with Crippen molar-refractivity contribution in [3.05, 3.63) is 29.8 Å². The van der Waals surface area contributed by atoms with E-state index in [1.54, 1.807) is 53.7 Å². The molecule has 0 radical (unpaired) electrons. The van der Waals surface area contributed by atoms with Gasteiger partial charge < -0.3 is 19.7 Å². The highest BCUT2D eigenvalue weighted by Crippen LogP contribution is 2.47. The molecule has 7 heteroatoms. The Morgan fingerprint density at radius 1 is 1.03 bits per heavy atom. The zero-order valence-electron chi connectivity index (χ0n) is 18.7. The number of phenols is 1. The number of ether oxygens (including phenoxy) is 2. The monoisotopic (exact) mass is 420 g/mol. The largest absolute Gasteiger partial charge is 0.508 e. The maximum absolute atomic E-state index is 13.1. The molecule has 4 atom stereocenters. The molecule has 0 heterocycles. The van der Waals surface area contributed by atoms with Crippen LogP contribution in [0.5, 0.6) is 5.75 Å². The number of aromatic hydroxyl groups is 1. The first kappa shape index (κ1) is 23.9. The summed E-state index contributed by atoms with van der Waals surface area (Å²) in [4.78, 5) is 39.2. The summed E-state index contributed by atoms with van der Waals surface area (Å²) < 4.78 is 11.0. The minimum absolute atomic E-state index is 0.0870. The van der Waals surface area contributed by atoms with Gasteiger partial charge in [-0.3, -0.25) is 14.4 Å². The first-order chi connectivity index (χ1) is 13.5. The normalized spacial score (nSPS) is 27.5. The van der Waals surface area contributed by atoms with Crippen molar-refractivity contribution in [2.45, 2.75) is 77.6 Å². The van der Waals surface area contributed by atoms with Crippen molar-refractivity contribution in [3.8, 4) is 5.75 Å². The fourth-order valence-corrected chi connectivity index (χ4v) is 3.88. The summed E-state index contributed by atoms with van der Waals surface area (Å²) >= 11 is 0. The molecule has 1 aromatic carbocycles. The molecule has 0 saturated heterocycles. The van der Waals surface area contributed by atoms with Gasteiger partial charge in [0.2, 0.25) is 0 Å². The molecule has 1 saturated carbocycles. The van der Waals surface area contributed by atoms with Crippen LogP contribution in [-0.4, -0.2) is 44.7 Å². The van der Waals surface area contributed by atoms with Gasteiger partial charge >= 0.3 is 11.9 Å². The highest BCUT2D eigenvalue weighted by Gasteiger charge is 2.57. The van der Waals surface area contributed by atoms with Crippen molar-refractivity contribution >= 4 is 17.7 Å². The van der Waals surface area contributed by atoms with Gasteiger partial charge in [-0.1, -0.05) is 12.1 Å². The zero-order chi connectivity index (χ0) is 23.1. The first-order valence-corrected chi connectivity index (χ1v) is 10.0. The summed E-state index contributed by atoms with van der Waals surface area (Å²) in [6.07, 6.45) is -0.393. The summed E-state index contributed by atoms with van der Waals surface area (Å²) in [5, 5.41) is 21.1. The van der Waals surface area contributed by atoms with Crippen molar-refractivity contribution in [3.63, 3.8) is 0 Å². The quantitative estimate of drug-likeness (QED) is 0.571. The van der Waals surface area contributed by atoms with Gasteiger partial charge in [-0.05, 0) is 66.2 Å². The Kier molecular flexibility index (Phi) is 6.38. The lowest BCUT2D eigenvalue weighted by molar-refractivity contribution is -0.182. The Balaban J connectivity index is 2.64. The predicted octanol–water partition coefficient (Wildman–Crippen LogP) is 3.12. The fraction of sp³-hybridized carbons (Fsp3) is 0.609. The van der Waals surface area contributed by atoms with Crippen molar-refractivity contribution in [2.24, 2.45) is 11.8 Å². The number of benzene rings is 1. The van der Waals surface area contributed by atoms with E-state index in [1.807, 2.05) is 0 Å². The Labute approximate surface area is 177 Å². The molecule has 30 heavy (non-hydrogen) atoms. The summed E-state index contributed by atoms with van der Waals surface area (Å²) in [6, 6.07) is 5.98. The molecule has 166 valence electrons. The Morgan fingerprint density at radius 2 is 1.57 bits per heavy atom. The van der Waals surface area contributed by atoms with E-state index in [0.717, 1.165) is 0 Å². The predicted molar refractivity (Wildman–Crippen MR) is 110 cm³/mol. The number of phenolic OH excluding ortho intramolecular Hbond substituents is 1. The van der Waals surface area contributed by atoms with Crippen LogP contribution in [0.25, 0.3) is 0 Å². The van der Waals surface area contributed by atoms with Crippen LogP contribution in [0.4, 0.5) is 0 Å². The lowest BCUT2D eigenvalue weighted by atomic mass is 9.61. The van der Waals surface area contributed by atoms with E-state index in [4.69, 9.17) is 9.47 Å². The minimum atomic E-state index is -1.74. The molecule has 0 amide bonds. The lowest BCUT2D eigenvalue weighted by Gasteiger charge is -2.44. The van der Waals surface area contributed by atoms with Crippen LogP contribution < -0.4 is 0 Å². The maximum Gasteiger partial charge on any atom is 0.317 e. The standard InChI is InChI=1S/C23H32O7/c1-21(2,3)29-19(26)17-15(25)12-23(7,28)18(20(27)30-22(4,5)6)16(17)13-9-8-10-14(24)11-13/h8-11,16-18,24,28H,12H2,1-7H3/t16-,17+,18-,23-/m0/s1. The topological polar surface area (TPSA) is 110 Å².